The second-order valence-electron chi connectivity index (χ2n) is 3.47. The van der Waals surface area contributed by atoms with Crippen LogP contribution in [0.3, 0.4) is 0 Å². The third kappa shape index (κ3) is 1.76. The third-order valence-electron chi connectivity index (χ3n) is 2.23. The van der Waals surface area contributed by atoms with Crippen molar-refractivity contribution < 1.29 is 0 Å². The van der Waals surface area contributed by atoms with Gasteiger partial charge in [0.1, 0.15) is 5.82 Å². The maximum absolute atomic E-state index is 5.71. The maximum Gasteiger partial charge on any atom is 0.122 e. The van der Waals surface area contributed by atoms with Gasteiger partial charge in [0.15, 0.2) is 0 Å². The molecule has 3 nitrogen and oxygen atoms in total. The van der Waals surface area contributed by atoms with Gasteiger partial charge >= 0.3 is 0 Å². The van der Waals surface area contributed by atoms with E-state index in [4.69, 9.17) is 5.73 Å². The topological polar surface area (TPSA) is 54.7 Å². The first kappa shape index (κ1) is 8.81. The second kappa shape index (κ2) is 3.54. The van der Waals surface area contributed by atoms with Crippen LogP contribution in [0.1, 0.15) is 16.7 Å². The number of anilines is 1. The quantitative estimate of drug-likeness (QED) is 0.754. The summed E-state index contributed by atoms with van der Waals surface area (Å²) in [5.41, 5.74) is 9.29. The monoisotopic (exact) mass is 187 g/mol. The fourth-order valence-electron chi connectivity index (χ4n) is 1.50. The normalized spacial score (nSPS) is 10.4. The van der Waals surface area contributed by atoms with Crippen molar-refractivity contribution in [3.8, 4) is 0 Å². The zero-order valence-corrected chi connectivity index (χ0v) is 8.12. The van der Waals surface area contributed by atoms with Crippen LogP contribution in [0.15, 0.2) is 30.5 Å². The summed E-state index contributed by atoms with van der Waals surface area (Å²) in [6.07, 6.45) is 2.61. The number of H-pyrrole nitrogens is 1. The van der Waals surface area contributed by atoms with E-state index >= 15 is 0 Å². The molecular formula is C11H13N3. The first-order valence-corrected chi connectivity index (χ1v) is 4.59. The van der Waals surface area contributed by atoms with Gasteiger partial charge in [0, 0.05) is 12.0 Å². The molecule has 0 aliphatic heterocycles. The number of rotatable bonds is 2. The van der Waals surface area contributed by atoms with Crippen LogP contribution in [0.4, 0.5) is 5.82 Å². The van der Waals surface area contributed by atoms with Gasteiger partial charge in [-0.05, 0) is 12.5 Å². The van der Waals surface area contributed by atoms with Gasteiger partial charge < -0.3 is 5.73 Å². The Kier molecular flexibility index (Phi) is 2.23. The van der Waals surface area contributed by atoms with E-state index in [1.54, 1.807) is 6.20 Å². The number of nitrogens with zero attached hydrogens (tertiary/aromatic N) is 1. The molecule has 0 bridgehead atoms. The minimum absolute atomic E-state index is 0.659. The van der Waals surface area contributed by atoms with Gasteiger partial charge in [0.05, 0.1) is 6.20 Å². The van der Waals surface area contributed by atoms with Crippen LogP contribution in [0.5, 0.6) is 0 Å². The summed E-state index contributed by atoms with van der Waals surface area (Å²) in [6, 6.07) is 8.40. The molecule has 1 aromatic heterocycles. The average Bonchev–Trinajstić information content (AvgIpc) is 2.52. The Balaban J connectivity index is 2.23. The molecule has 0 aliphatic carbocycles. The molecule has 1 aromatic carbocycles. The number of aromatic amines is 1. The summed E-state index contributed by atoms with van der Waals surface area (Å²) < 4.78 is 0. The minimum Gasteiger partial charge on any atom is -0.384 e. The standard InChI is InChI=1S/C11H13N3/c1-8-3-2-4-9(5-8)6-10-7-13-14-11(10)12/h2-5,7H,6H2,1H3,(H3,12,13,14). The number of nitrogen functional groups attached to an aromatic ring is 1. The Morgan fingerprint density at radius 3 is 2.93 bits per heavy atom. The molecular weight excluding hydrogens is 174 g/mol. The van der Waals surface area contributed by atoms with E-state index in [0.717, 1.165) is 12.0 Å². The molecule has 0 saturated carbocycles. The zero-order chi connectivity index (χ0) is 9.97. The number of hydrogen-bond acceptors (Lipinski definition) is 2. The molecule has 14 heavy (non-hydrogen) atoms. The Morgan fingerprint density at radius 1 is 1.43 bits per heavy atom. The summed E-state index contributed by atoms with van der Waals surface area (Å²) in [6.45, 7) is 2.09. The highest BCUT2D eigenvalue weighted by atomic mass is 15.1. The van der Waals surface area contributed by atoms with E-state index in [9.17, 15) is 0 Å². The van der Waals surface area contributed by atoms with Crippen molar-refractivity contribution in [1.29, 1.82) is 0 Å². The summed E-state index contributed by atoms with van der Waals surface area (Å²) in [5, 5.41) is 6.62. The molecule has 72 valence electrons. The van der Waals surface area contributed by atoms with Crippen molar-refractivity contribution in [2.45, 2.75) is 13.3 Å². The maximum atomic E-state index is 5.71. The number of benzene rings is 1. The Hall–Kier alpha value is -1.77. The predicted molar refractivity (Wildman–Crippen MR) is 57.0 cm³/mol. The van der Waals surface area contributed by atoms with Gasteiger partial charge in [-0.2, -0.15) is 5.10 Å². The Morgan fingerprint density at radius 2 is 2.29 bits per heavy atom. The molecule has 2 rings (SSSR count). The van der Waals surface area contributed by atoms with E-state index in [-0.39, 0.29) is 0 Å². The molecule has 0 saturated heterocycles. The zero-order valence-electron chi connectivity index (χ0n) is 8.12. The molecule has 3 heteroatoms. The lowest BCUT2D eigenvalue weighted by atomic mass is 10.1. The molecule has 0 atom stereocenters. The number of aryl methyl sites for hydroxylation is 1. The van der Waals surface area contributed by atoms with Gasteiger partial charge in [0.25, 0.3) is 0 Å². The van der Waals surface area contributed by atoms with Crippen molar-refractivity contribution in [1.82, 2.24) is 10.2 Å². The van der Waals surface area contributed by atoms with Crippen molar-refractivity contribution in [3.05, 3.63) is 47.2 Å². The van der Waals surface area contributed by atoms with Crippen LogP contribution in [0, 0.1) is 6.92 Å². The summed E-state index contributed by atoms with van der Waals surface area (Å²) in [7, 11) is 0. The fraction of sp³-hybridized carbons (Fsp3) is 0.182. The highest BCUT2D eigenvalue weighted by molar-refractivity contribution is 5.40. The van der Waals surface area contributed by atoms with Gasteiger partial charge in [0.2, 0.25) is 0 Å². The van der Waals surface area contributed by atoms with Crippen molar-refractivity contribution in [3.63, 3.8) is 0 Å². The van der Waals surface area contributed by atoms with Crippen molar-refractivity contribution >= 4 is 5.82 Å². The molecule has 2 aromatic rings. The molecule has 0 amide bonds. The van der Waals surface area contributed by atoms with Crippen LogP contribution in [-0.4, -0.2) is 10.2 Å². The smallest absolute Gasteiger partial charge is 0.122 e. The van der Waals surface area contributed by atoms with E-state index < -0.39 is 0 Å². The van der Waals surface area contributed by atoms with Gasteiger partial charge in [-0.25, -0.2) is 0 Å². The highest BCUT2D eigenvalue weighted by Crippen LogP contribution is 2.14. The fourth-order valence-corrected chi connectivity index (χ4v) is 1.50. The highest BCUT2D eigenvalue weighted by Gasteiger charge is 2.02. The van der Waals surface area contributed by atoms with E-state index in [1.165, 1.54) is 11.1 Å². The lowest BCUT2D eigenvalue weighted by Crippen LogP contribution is -1.93. The molecule has 3 N–H and O–H groups in total. The number of hydrogen-bond donors (Lipinski definition) is 2. The number of nitrogens with two attached hydrogens (primary N) is 1. The van der Waals surface area contributed by atoms with Crippen LogP contribution in [-0.2, 0) is 6.42 Å². The largest absolute Gasteiger partial charge is 0.384 e. The van der Waals surface area contributed by atoms with E-state index in [1.807, 2.05) is 0 Å². The van der Waals surface area contributed by atoms with Gasteiger partial charge in [-0.1, -0.05) is 29.8 Å². The minimum atomic E-state index is 0.659. The predicted octanol–water partition coefficient (Wildman–Crippen LogP) is 1.89. The van der Waals surface area contributed by atoms with Gasteiger partial charge in [-0.3, -0.25) is 5.10 Å². The third-order valence-corrected chi connectivity index (χ3v) is 2.23. The van der Waals surface area contributed by atoms with Crippen LogP contribution in [0.25, 0.3) is 0 Å². The van der Waals surface area contributed by atoms with Crippen LogP contribution >= 0.6 is 0 Å². The van der Waals surface area contributed by atoms with E-state index in [0.29, 0.717) is 5.82 Å². The molecule has 0 aliphatic rings. The second-order valence-corrected chi connectivity index (χ2v) is 3.47. The summed E-state index contributed by atoms with van der Waals surface area (Å²) >= 11 is 0. The molecule has 0 spiro atoms. The first-order valence-electron chi connectivity index (χ1n) is 4.59. The number of nitrogens with one attached hydrogen (secondary N) is 1. The van der Waals surface area contributed by atoms with Crippen LogP contribution < -0.4 is 5.73 Å². The van der Waals surface area contributed by atoms with Gasteiger partial charge in [-0.15, -0.1) is 0 Å². The summed E-state index contributed by atoms with van der Waals surface area (Å²) in [5.74, 6) is 0.659. The van der Waals surface area contributed by atoms with Crippen molar-refractivity contribution in [2.75, 3.05) is 5.73 Å². The average molecular weight is 187 g/mol. The van der Waals surface area contributed by atoms with Crippen LogP contribution in [0.2, 0.25) is 0 Å². The van der Waals surface area contributed by atoms with E-state index in [2.05, 4.69) is 41.4 Å². The van der Waals surface area contributed by atoms with Crippen molar-refractivity contribution in [2.24, 2.45) is 0 Å². The molecule has 0 fully saturated rings. The molecule has 1 heterocycles. The lowest BCUT2D eigenvalue weighted by molar-refractivity contribution is 1.10. The SMILES string of the molecule is Cc1cccc(Cc2cn[nH]c2N)c1. The Bertz CT molecular complexity index is 432. The first-order chi connectivity index (χ1) is 6.75. The number of aromatic nitrogens is 2. The Labute approximate surface area is 83.0 Å². The molecule has 0 unspecified atom stereocenters. The summed E-state index contributed by atoms with van der Waals surface area (Å²) in [4.78, 5) is 0. The lowest BCUT2D eigenvalue weighted by Gasteiger charge is -2.01. The molecule has 0 radical (unpaired) electrons.